The molecule has 5 atom stereocenters. The number of fused-ring (bicyclic) bond motifs is 5. The Bertz CT molecular complexity index is 1530. The van der Waals surface area contributed by atoms with Gasteiger partial charge in [0.15, 0.2) is 6.61 Å². The highest BCUT2D eigenvalue weighted by atomic mass is 35.5. The van der Waals surface area contributed by atoms with Crippen molar-refractivity contribution in [2.24, 2.45) is 23.7 Å². The third-order valence-corrected chi connectivity index (χ3v) is 8.61. The number of halogens is 1. The number of hydrogen-bond acceptors (Lipinski definition) is 6. The zero-order valence-electron chi connectivity index (χ0n) is 21.8. The SMILES string of the molecule is O=C(COC(=O)c1ccc(N2C(=O)[C@@H]3[C@@H]4C[C@@H]([C@@H]3C2=O)[C@H](c2ccccc2)C4)cc1)NNC(=O)c1ccc(Cl)cc1. The summed E-state index contributed by atoms with van der Waals surface area (Å²) < 4.78 is 5.03. The molecule has 0 spiro atoms. The van der Waals surface area contributed by atoms with Gasteiger partial charge in [-0.1, -0.05) is 41.9 Å². The smallest absolute Gasteiger partial charge is 0.338 e. The van der Waals surface area contributed by atoms with Crippen LogP contribution < -0.4 is 15.8 Å². The molecule has 2 saturated carbocycles. The van der Waals surface area contributed by atoms with Gasteiger partial charge in [0.1, 0.15) is 0 Å². The second-order valence-corrected chi connectivity index (χ2v) is 11.0. The number of anilines is 1. The van der Waals surface area contributed by atoms with Gasteiger partial charge >= 0.3 is 5.97 Å². The lowest BCUT2D eigenvalue weighted by Gasteiger charge is -2.28. The average molecular weight is 572 g/mol. The van der Waals surface area contributed by atoms with Crippen molar-refractivity contribution in [2.45, 2.75) is 18.8 Å². The number of hydrogen-bond donors (Lipinski definition) is 2. The van der Waals surface area contributed by atoms with E-state index in [0.29, 0.717) is 10.7 Å². The lowest BCUT2D eigenvalue weighted by Crippen LogP contribution is -2.43. The summed E-state index contributed by atoms with van der Waals surface area (Å²) >= 11 is 5.79. The first-order chi connectivity index (χ1) is 19.8. The zero-order chi connectivity index (χ0) is 28.7. The van der Waals surface area contributed by atoms with Crippen LogP contribution in [0.2, 0.25) is 5.02 Å². The maximum Gasteiger partial charge on any atom is 0.338 e. The first-order valence-electron chi connectivity index (χ1n) is 13.4. The second-order valence-electron chi connectivity index (χ2n) is 10.6. The summed E-state index contributed by atoms with van der Waals surface area (Å²) in [5, 5.41) is 0.468. The highest BCUT2D eigenvalue weighted by molar-refractivity contribution is 6.30. The molecule has 3 aliphatic rings. The molecule has 2 aliphatic carbocycles. The predicted molar refractivity (Wildman–Crippen MR) is 149 cm³/mol. The largest absolute Gasteiger partial charge is 0.452 e. The number of ether oxygens (including phenoxy) is 1. The number of imide groups is 1. The van der Waals surface area contributed by atoms with E-state index in [0.717, 1.165) is 12.8 Å². The summed E-state index contributed by atoms with van der Waals surface area (Å²) in [7, 11) is 0. The molecule has 2 N–H and O–H groups in total. The van der Waals surface area contributed by atoms with Gasteiger partial charge in [0.2, 0.25) is 11.8 Å². The van der Waals surface area contributed by atoms with Gasteiger partial charge < -0.3 is 4.74 Å². The van der Waals surface area contributed by atoms with Gasteiger partial charge in [-0.2, -0.15) is 0 Å². The number of nitrogens with zero attached hydrogens (tertiary/aromatic N) is 1. The number of rotatable bonds is 6. The van der Waals surface area contributed by atoms with E-state index in [1.807, 2.05) is 18.2 Å². The summed E-state index contributed by atoms with van der Waals surface area (Å²) in [6.07, 6.45) is 1.80. The van der Waals surface area contributed by atoms with Crippen LogP contribution in [0.4, 0.5) is 5.69 Å². The summed E-state index contributed by atoms with van der Waals surface area (Å²) in [4.78, 5) is 64.7. The monoisotopic (exact) mass is 571 g/mol. The second kappa shape index (κ2) is 10.8. The Morgan fingerprint density at radius 3 is 2.17 bits per heavy atom. The van der Waals surface area contributed by atoms with Crippen molar-refractivity contribution in [3.05, 3.63) is 101 Å². The lowest BCUT2D eigenvalue weighted by atomic mass is 9.73. The summed E-state index contributed by atoms with van der Waals surface area (Å²) in [5.74, 6) is -2.43. The van der Waals surface area contributed by atoms with Crippen LogP contribution in [0.15, 0.2) is 78.9 Å². The van der Waals surface area contributed by atoms with Crippen molar-refractivity contribution in [3.8, 4) is 0 Å². The van der Waals surface area contributed by atoms with E-state index in [9.17, 15) is 24.0 Å². The van der Waals surface area contributed by atoms with Crippen molar-refractivity contribution in [1.82, 2.24) is 10.9 Å². The summed E-state index contributed by atoms with van der Waals surface area (Å²) in [6.45, 7) is -0.626. The predicted octanol–water partition coefficient (Wildman–Crippen LogP) is 3.89. The molecule has 3 aromatic carbocycles. The molecule has 0 aromatic heterocycles. The average Bonchev–Trinajstić information content (AvgIpc) is 3.66. The quantitative estimate of drug-likeness (QED) is 0.263. The normalized spacial score (nSPS) is 24.2. The molecule has 1 heterocycles. The number of nitrogens with one attached hydrogen (secondary N) is 2. The van der Waals surface area contributed by atoms with E-state index in [-0.39, 0.29) is 52.5 Å². The van der Waals surface area contributed by atoms with Gasteiger partial charge in [-0.3, -0.25) is 34.9 Å². The van der Waals surface area contributed by atoms with E-state index < -0.39 is 24.4 Å². The Labute approximate surface area is 240 Å². The number of hydrazine groups is 1. The molecular formula is C31H26ClN3O6. The van der Waals surface area contributed by atoms with E-state index in [1.54, 1.807) is 0 Å². The number of carbonyl (C=O) groups excluding carboxylic acids is 5. The van der Waals surface area contributed by atoms with Gasteiger partial charge in [-0.25, -0.2) is 4.79 Å². The van der Waals surface area contributed by atoms with Gasteiger partial charge in [-0.05, 0) is 84.7 Å². The highest BCUT2D eigenvalue weighted by Gasteiger charge is 2.64. The van der Waals surface area contributed by atoms with Gasteiger partial charge in [-0.15, -0.1) is 0 Å². The van der Waals surface area contributed by atoms with E-state index in [2.05, 4.69) is 23.0 Å². The van der Waals surface area contributed by atoms with Gasteiger partial charge in [0, 0.05) is 10.6 Å². The molecular weight excluding hydrogens is 546 g/mol. The Balaban J connectivity index is 1.04. The molecule has 1 saturated heterocycles. The topological polar surface area (TPSA) is 122 Å². The van der Waals surface area contributed by atoms with Crippen LogP contribution >= 0.6 is 11.6 Å². The molecule has 1 aliphatic heterocycles. The minimum absolute atomic E-state index is 0.144. The van der Waals surface area contributed by atoms with Crippen LogP contribution in [0, 0.1) is 23.7 Å². The van der Waals surface area contributed by atoms with Gasteiger partial charge in [0.05, 0.1) is 23.1 Å². The minimum Gasteiger partial charge on any atom is -0.452 e. The Kier molecular flexibility index (Phi) is 7.05. The van der Waals surface area contributed by atoms with Crippen LogP contribution in [0.1, 0.15) is 45.0 Å². The van der Waals surface area contributed by atoms with Crippen molar-refractivity contribution in [1.29, 1.82) is 0 Å². The van der Waals surface area contributed by atoms with Crippen LogP contribution in [0.3, 0.4) is 0 Å². The van der Waals surface area contributed by atoms with Crippen molar-refractivity contribution in [2.75, 3.05) is 11.5 Å². The van der Waals surface area contributed by atoms with Gasteiger partial charge in [0.25, 0.3) is 11.8 Å². The maximum atomic E-state index is 13.5. The fourth-order valence-electron chi connectivity index (χ4n) is 6.59. The fourth-order valence-corrected chi connectivity index (χ4v) is 6.72. The Morgan fingerprint density at radius 1 is 0.805 bits per heavy atom. The van der Waals surface area contributed by atoms with Crippen LogP contribution in [0.25, 0.3) is 0 Å². The summed E-state index contributed by atoms with van der Waals surface area (Å²) in [6, 6.07) is 22.2. The number of carbonyl (C=O) groups is 5. The third-order valence-electron chi connectivity index (χ3n) is 8.36. The number of benzene rings is 3. The van der Waals surface area contributed by atoms with Crippen molar-refractivity contribution in [3.63, 3.8) is 0 Å². The molecule has 3 aromatic rings. The molecule has 41 heavy (non-hydrogen) atoms. The Morgan fingerprint density at radius 2 is 1.46 bits per heavy atom. The van der Waals surface area contributed by atoms with Crippen LogP contribution in [-0.4, -0.2) is 36.2 Å². The molecule has 4 amide bonds. The number of amides is 4. The van der Waals surface area contributed by atoms with E-state index >= 15 is 0 Å². The van der Waals surface area contributed by atoms with Crippen LogP contribution in [-0.2, 0) is 19.1 Å². The Hall–Kier alpha value is -4.50. The molecule has 2 bridgehead atoms. The third kappa shape index (κ3) is 4.97. The van der Waals surface area contributed by atoms with Crippen molar-refractivity contribution >= 4 is 46.9 Å². The molecule has 6 rings (SSSR count). The molecule has 0 radical (unpaired) electrons. The molecule has 9 nitrogen and oxygen atoms in total. The molecule has 10 heteroatoms. The standard InChI is InChI=1S/C31H26ClN3O6/c32-21-10-6-18(7-11-21)28(37)34-33-25(36)16-41-31(40)19-8-12-22(13-9-19)35-29(38)26-20-14-23(17-4-2-1-3-5-17)24(15-20)27(26)30(35)39/h1-13,20,23-24,26-27H,14-16H2,(H,33,36)(H,34,37)/t20-,23-,24+,26+,27-/m0/s1. The fraction of sp³-hybridized carbons (Fsp3) is 0.258. The highest BCUT2D eigenvalue weighted by Crippen LogP contribution is 2.61. The first kappa shape index (κ1) is 26.7. The maximum absolute atomic E-state index is 13.5. The van der Waals surface area contributed by atoms with Crippen LogP contribution in [0.5, 0.6) is 0 Å². The molecule has 0 unspecified atom stereocenters. The van der Waals surface area contributed by atoms with E-state index in [4.69, 9.17) is 16.3 Å². The van der Waals surface area contributed by atoms with E-state index in [1.165, 1.54) is 59.0 Å². The summed E-state index contributed by atoms with van der Waals surface area (Å²) in [5.41, 5.74) is 6.46. The number of esters is 1. The molecule has 208 valence electrons. The minimum atomic E-state index is -0.768. The zero-order valence-corrected chi connectivity index (χ0v) is 22.5. The molecule has 3 fully saturated rings. The lowest BCUT2D eigenvalue weighted by molar-refractivity contribution is -0.125. The first-order valence-corrected chi connectivity index (χ1v) is 13.7. The van der Waals surface area contributed by atoms with Crippen molar-refractivity contribution < 1.29 is 28.7 Å².